The van der Waals surface area contributed by atoms with Gasteiger partial charge in [0.25, 0.3) is 5.91 Å². The molecule has 1 aromatic carbocycles. The number of anilines is 1. The first kappa shape index (κ1) is 15.2. The Bertz CT molecular complexity index is 863. The van der Waals surface area contributed by atoms with Crippen molar-refractivity contribution in [1.29, 1.82) is 0 Å². The first-order valence-corrected chi connectivity index (χ1v) is 7.55. The maximum absolute atomic E-state index is 12.0. The minimum Gasteiger partial charge on any atom is -0.343 e. The molecule has 0 bridgehead atoms. The molecular formula is C15H12BrN5O2. The third-order valence-corrected chi connectivity index (χ3v) is 3.51. The van der Waals surface area contributed by atoms with Crippen molar-refractivity contribution in [2.75, 3.05) is 11.9 Å². The number of nitrogens with one attached hydrogen (secondary N) is 2. The summed E-state index contributed by atoms with van der Waals surface area (Å²) in [7, 11) is 0. The van der Waals surface area contributed by atoms with E-state index in [1.165, 1.54) is 6.33 Å². The number of fused-ring (bicyclic) bond motifs is 1. The van der Waals surface area contributed by atoms with Crippen LogP contribution in [-0.4, -0.2) is 33.0 Å². The number of halogens is 1. The van der Waals surface area contributed by atoms with E-state index in [2.05, 4.69) is 36.8 Å². The highest BCUT2D eigenvalue weighted by atomic mass is 79.9. The lowest BCUT2D eigenvalue weighted by atomic mass is 10.2. The van der Waals surface area contributed by atoms with Crippen LogP contribution < -0.4 is 10.6 Å². The van der Waals surface area contributed by atoms with E-state index >= 15 is 0 Å². The lowest BCUT2D eigenvalue weighted by molar-refractivity contribution is -0.115. The van der Waals surface area contributed by atoms with Gasteiger partial charge in [-0.3, -0.25) is 14.0 Å². The molecule has 116 valence electrons. The maximum atomic E-state index is 12.0. The molecule has 0 fully saturated rings. The fourth-order valence-electron chi connectivity index (χ4n) is 2.04. The molecule has 0 spiro atoms. The zero-order valence-electron chi connectivity index (χ0n) is 11.9. The van der Waals surface area contributed by atoms with Crippen molar-refractivity contribution in [3.05, 3.63) is 59.0 Å². The molecule has 0 saturated heterocycles. The zero-order chi connectivity index (χ0) is 16.2. The van der Waals surface area contributed by atoms with Gasteiger partial charge in [-0.1, -0.05) is 18.2 Å². The van der Waals surface area contributed by atoms with Gasteiger partial charge in [-0.15, -0.1) is 10.2 Å². The van der Waals surface area contributed by atoms with Gasteiger partial charge >= 0.3 is 0 Å². The molecule has 3 aromatic rings. The number of hydrogen-bond donors (Lipinski definition) is 2. The fraction of sp³-hybridized carbons (Fsp3) is 0.0667. The molecule has 0 aliphatic heterocycles. The number of nitrogens with zero attached hydrogens (tertiary/aromatic N) is 3. The Hall–Kier alpha value is -2.74. The van der Waals surface area contributed by atoms with E-state index in [4.69, 9.17) is 0 Å². The van der Waals surface area contributed by atoms with Gasteiger partial charge < -0.3 is 10.6 Å². The van der Waals surface area contributed by atoms with Crippen LogP contribution in [0.15, 0.2) is 53.4 Å². The first-order valence-electron chi connectivity index (χ1n) is 6.75. The van der Waals surface area contributed by atoms with Crippen molar-refractivity contribution in [2.45, 2.75) is 0 Å². The van der Waals surface area contributed by atoms with Crippen LogP contribution in [0.2, 0.25) is 0 Å². The zero-order valence-corrected chi connectivity index (χ0v) is 13.4. The summed E-state index contributed by atoms with van der Waals surface area (Å²) >= 11 is 3.35. The molecule has 2 aromatic heterocycles. The lowest BCUT2D eigenvalue weighted by Gasteiger charge is -2.08. The number of amides is 2. The van der Waals surface area contributed by atoms with E-state index in [9.17, 15) is 9.59 Å². The molecule has 0 atom stereocenters. The van der Waals surface area contributed by atoms with Crippen LogP contribution in [0.3, 0.4) is 0 Å². The Balaban J connectivity index is 1.65. The quantitative estimate of drug-likeness (QED) is 0.730. The van der Waals surface area contributed by atoms with Crippen molar-refractivity contribution >= 4 is 39.1 Å². The number of aromatic nitrogens is 3. The van der Waals surface area contributed by atoms with Gasteiger partial charge in [-0.2, -0.15) is 0 Å². The van der Waals surface area contributed by atoms with Crippen LogP contribution in [0.25, 0.3) is 5.65 Å². The minimum absolute atomic E-state index is 0.138. The predicted molar refractivity (Wildman–Crippen MR) is 88.1 cm³/mol. The van der Waals surface area contributed by atoms with Crippen LogP contribution in [0.4, 0.5) is 5.69 Å². The molecule has 0 radical (unpaired) electrons. The number of benzene rings is 1. The molecular weight excluding hydrogens is 362 g/mol. The Kier molecular flexibility index (Phi) is 4.33. The number of pyridine rings is 1. The average molecular weight is 374 g/mol. The van der Waals surface area contributed by atoms with Crippen LogP contribution in [-0.2, 0) is 4.79 Å². The molecule has 7 nitrogen and oxygen atoms in total. The van der Waals surface area contributed by atoms with E-state index in [0.29, 0.717) is 16.9 Å². The van der Waals surface area contributed by atoms with Crippen LogP contribution in [0.1, 0.15) is 10.4 Å². The van der Waals surface area contributed by atoms with Crippen molar-refractivity contribution in [2.24, 2.45) is 0 Å². The van der Waals surface area contributed by atoms with E-state index in [-0.39, 0.29) is 18.4 Å². The Morgan fingerprint density at radius 2 is 2.00 bits per heavy atom. The largest absolute Gasteiger partial charge is 0.343 e. The summed E-state index contributed by atoms with van der Waals surface area (Å²) in [6.07, 6.45) is 3.31. The van der Waals surface area contributed by atoms with Crippen LogP contribution >= 0.6 is 15.9 Å². The normalized spacial score (nSPS) is 10.5. The van der Waals surface area contributed by atoms with E-state index in [1.807, 2.05) is 6.07 Å². The molecule has 2 amide bonds. The van der Waals surface area contributed by atoms with E-state index in [0.717, 1.165) is 4.47 Å². The van der Waals surface area contributed by atoms with E-state index in [1.54, 1.807) is 40.9 Å². The molecule has 3 rings (SSSR count). The summed E-state index contributed by atoms with van der Waals surface area (Å²) in [4.78, 5) is 23.9. The first-order chi connectivity index (χ1) is 11.1. The van der Waals surface area contributed by atoms with Crippen molar-refractivity contribution in [3.8, 4) is 0 Å². The second kappa shape index (κ2) is 6.57. The Morgan fingerprint density at radius 3 is 2.78 bits per heavy atom. The molecule has 0 saturated carbocycles. The van der Waals surface area contributed by atoms with E-state index < -0.39 is 0 Å². The standard InChI is InChI=1S/C15H12BrN5O2/c16-11-6-12(14-20-18-9-21(14)8-11)19-13(22)7-17-15(23)10-4-2-1-3-5-10/h1-6,8-9H,7H2,(H,17,23)(H,19,22). The van der Waals surface area contributed by atoms with Gasteiger partial charge in [-0.05, 0) is 34.1 Å². The topological polar surface area (TPSA) is 88.4 Å². The van der Waals surface area contributed by atoms with Crippen LogP contribution in [0.5, 0.6) is 0 Å². The third kappa shape index (κ3) is 3.54. The van der Waals surface area contributed by atoms with Gasteiger partial charge in [0, 0.05) is 16.2 Å². The molecule has 0 aliphatic rings. The molecule has 8 heteroatoms. The van der Waals surface area contributed by atoms with Crippen molar-refractivity contribution in [3.63, 3.8) is 0 Å². The summed E-state index contributed by atoms with van der Waals surface area (Å²) in [6, 6.07) is 10.4. The monoisotopic (exact) mass is 373 g/mol. The smallest absolute Gasteiger partial charge is 0.251 e. The highest BCUT2D eigenvalue weighted by molar-refractivity contribution is 9.10. The second-order valence-electron chi connectivity index (χ2n) is 4.73. The van der Waals surface area contributed by atoms with Crippen molar-refractivity contribution < 1.29 is 9.59 Å². The maximum Gasteiger partial charge on any atom is 0.251 e. The summed E-state index contributed by atoms with van der Waals surface area (Å²) < 4.78 is 2.45. The predicted octanol–water partition coefficient (Wildman–Crippen LogP) is 1.86. The Labute approximate surface area is 139 Å². The van der Waals surface area contributed by atoms with Crippen LogP contribution in [0, 0.1) is 0 Å². The van der Waals surface area contributed by atoms with Gasteiger partial charge in [0.1, 0.15) is 6.33 Å². The number of hydrogen-bond acceptors (Lipinski definition) is 4. The average Bonchev–Trinajstić information content (AvgIpc) is 3.02. The van der Waals surface area contributed by atoms with Crippen molar-refractivity contribution in [1.82, 2.24) is 19.9 Å². The highest BCUT2D eigenvalue weighted by Crippen LogP contribution is 2.20. The number of rotatable bonds is 4. The van der Waals surface area contributed by atoms with Gasteiger partial charge in [0.05, 0.1) is 12.2 Å². The Morgan fingerprint density at radius 1 is 1.22 bits per heavy atom. The molecule has 0 aliphatic carbocycles. The fourth-order valence-corrected chi connectivity index (χ4v) is 2.49. The molecule has 2 N–H and O–H groups in total. The highest BCUT2D eigenvalue weighted by Gasteiger charge is 2.11. The molecule has 2 heterocycles. The second-order valence-corrected chi connectivity index (χ2v) is 5.65. The summed E-state index contributed by atoms with van der Waals surface area (Å²) in [5, 5.41) is 13.0. The SMILES string of the molecule is O=C(CNC(=O)c1ccccc1)Nc1cc(Br)cn2cnnc12. The third-order valence-electron chi connectivity index (χ3n) is 3.08. The summed E-state index contributed by atoms with van der Waals surface area (Å²) in [6.45, 7) is -0.138. The summed E-state index contributed by atoms with van der Waals surface area (Å²) in [5.41, 5.74) is 1.54. The lowest BCUT2D eigenvalue weighted by Crippen LogP contribution is -2.32. The molecule has 23 heavy (non-hydrogen) atoms. The molecule has 0 unspecified atom stereocenters. The van der Waals surface area contributed by atoms with Gasteiger partial charge in [0.15, 0.2) is 5.65 Å². The summed E-state index contributed by atoms with van der Waals surface area (Å²) in [5.74, 6) is -0.653. The van der Waals surface area contributed by atoms with Gasteiger partial charge in [0.2, 0.25) is 5.91 Å². The number of carbonyl (C=O) groups excluding carboxylic acids is 2. The van der Waals surface area contributed by atoms with Gasteiger partial charge in [-0.25, -0.2) is 0 Å². The number of carbonyl (C=O) groups is 2. The minimum atomic E-state index is -0.350.